The van der Waals surface area contributed by atoms with E-state index in [2.05, 4.69) is 0 Å². The van der Waals surface area contributed by atoms with Crippen LogP contribution in [0.15, 0.2) is 60.7 Å². The van der Waals surface area contributed by atoms with Gasteiger partial charge in [0.15, 0.2) is 18.5 Å². The minimum atomic E-state index is -4.07. The molecule has 1 N–H and O–H groups in total. The molecule has 9 nitrogen and oxygen atoms in total. The van der Waals surface area contributed by atoms with E-state index >= 15 is 0 Å². The maximum Gasteiger partial charge on any atom is 0.338 e. The van der Waals surface area contributed by atoms with E-state index in [1.54, 1.807) is 36.4 Å². The topological polar surface area (TPSA) is 125 Å². The van der Waals surface area contributed by atoms with Crippen LogP contribution in [0.5, 0.6) is 0 Å². The van der Waals surface area contributed by atoms with Crippen LogP contribution in [0.25, 0.3) is 0 Å². The van der Waals surface area contributed by atoms with Crippen LogP contribution in [0.4, 0.5) is 0 Å². The number of aliphatic hydroxyl groups excluding tert-OH is 1. The number of aliphatic hydroxyl groups is 1. The van der Waals surface area contributed by atoms with E-state index in [1.165, 1.54) is 24.3 Å². The lowest BCUT2D eigenvalue weighted by atomic mass is 9.99. The Morgan fingerprint density at radius 3 is 1.81 bits per heavy atom. The number of hydrogen-bond donors (Lipinski definition) is 1. The number of carbonyl (C=O) groups excluding carboxylic acids is 2. The predicted molar refractivity (Wildman–Crippen MR) is 113 cm³/mol. The van der Waals surface area contributed by atoms with Gasteiger partial charge in [0.25, 0.3) is 10.1 Å². The number of ether oxygens (including phenoxy) is 3. The molecule has 0 radical (unpaired) electrons. The summed E-state index contributed by atoms with van der Waals surface area (Å²) in [6.07, 6.45) is -6.77. The molecule has 0 amide bonds. The first kappa shape index (κ1) is 24.1. The SMILES string of the molecule is CS(=O)(=O)O[C@H]1[C@H](OC(=O)c2ccccc2)[C@@H](OC(=O)c2ccccc2)[C@@H](O)O[C@@H]1CCl. The van der Waals surface area contributed by atoms with Crippen molar-refractivity contribution < 1.29 is 41.5 Å². The lowest BCUT2D eigenvalue weighted by molar-refractivity contribution is -0.270. The van der Waals surface area contributed by atoms with E-state index in [0.29, 0.717) is 0 Å². The molecule has 2 aromatic carbocycles. The van der Waals surface area contributed by atoms with Gasteiger partial charge in [0.05, 0.1) is 23.3 Å². The van der Waals surface area contributed by atoms with E-state index < -0.39 is 52.8 Å². The summed E-state index contributed by atoms with van der Waals surface area (Å²) in [5, 5.41) is 10.5. The molecule has 0 bridgehead atoms. The summed E-state index contributed by atoms with van der Waals surface area (Å²) in [4.78, 5) is 25.3. The Balaban J connectivity index is 1.95. The molecule has 1 saturated heterocycles. The number of alkyl halides is 1. The molecule has 1 aliphatic heterocycles. The van der Waals surface area contributed by atoms with Crippen LogP contribution in [-0.2, 0) is 28.5 Å². The summed E-state index contributed by atoms with van der Waals surface area (Å²) in [5.74, 6) is -1.99. The summed E-state index contributed by atoms with van der Waals surface area (Å²) in [5.41, 5.74) is 0.315. The van der Waals surface area contributed by atoms with Gasteiger partial charge in [-0.1, -0.05) is 36.4 Å². The molecule has 5 atom stereocenters. The second kappa shape index (κ2) is 10.4. The molecule has 32 heavy (non-hydrogen) atoms. The van der Waals surface area contributed by atoms with Crippen molar-refractivity contribution in [3.8, 4) is 0 Å². The van der Waals surface area contributed by atoms with E-state index in [4.69, 9.17) is 30.0 Å². The second-order valence-electron chi connectivity index (χ2n) is 6.96. The highest BCUT2D eigenvalue weighted by atomic mass is 35.5. The first-order valence-corrected chi connectivity index (χ1v) is 11.8. The summed E-state index contributed by atoms with van der Waals surface area (Å²) in [6, 6.07) is 15.7. The minimum absolute atomic E-state index is 0.155. The molecule has 2 aromatic rings. The zero-order valence-corrected chi connectivity index (χ0v) is 18.4. The quantitative estimate of drug-likeness (QED) is 0.355. The standard InChI is InChI=1S/C21H21ClO9S/c1-32(26,27)31-16-15(12-22)28-21(25)18(30-20(24)14-10-6-3-7-11-14)17(16)29-19(23)13-8-4-2-5-9-13/h2-11,15-18,21,25H,12H2,1H3/t15-,16-,17+,18-,21+/m1/s1. The van der Waals surface area contributed by atoms with Gasteiger partial charge in [0, 0.05) is 0 Å². The van der Waals surface area contributed by atoms with Gasteiger partial charge in [0.1, 0.15) is 12.2 Å². The van der Waals surface area contributed by atoms with E-state index in [9.17, 15) is 23.1 Å². The third-order valence-electron chi connectivity index (χ3n) is 4.55. The largest absolute Gasteiger partial charge is 0.452 e. The maximum atomic E-state index is 12.7. The fourth-order valence-electron chi connectivity index (χ4n) is 3.13. The first-order chi connectivity index (χ1) is 15.2. The van der Waals surface area contributed by atoms with Crippen molar-refractivity contribution in [1.29, 1.82) is 0 Å². The highest BCUT2D eigenvalue weighted by Crippen LogP contribution is 2.30. The van der Waals surface area contributed by atoms with Gasteiger partial charge in [-0.3, -0.25) is 4.18 Å². The van der Waals surface area contributed by atoms with Crippen LogP contribution < -0.4 is 0 Å². The number of benzene rings is 2. The van der Waals surface area contributed by atoms with E-state index in [-0.39, 0.29) is 17.0 Å². The maximum absolute atomic E-state index is 12.7. The van der Waals surface area contributed by atoms with Crippen molar-refractivity contribution >= 4 is 33.7 Å². The summed E-state index contributed by atoms with van der Waals surface area (Å²) < 4.78 is 45.0. The van der Waals surface area contributed by atoms with E-state index in [0.717, 1.165) is 6.26 Å². The average Bonchev–Trinajstić information content (AvgIpc) is 2.77. The van der Waals surface area contributed by atoms with Crippen LogP contribution in [-0.4, -0.2) is 68.3 Å². The van der Waals surface area contributed by atoms with Gasteiger partial charge in [-0.15, -0.1) is 11.6 Å². The van der Waals surface area contributed by atoms with Crippen LogP contribution in [0.3, 0.4) is 0 Å². The zero-order chi connectivity index (χ0) is 23.3. The van der Waals surface area contributed by atoms with E-state index in [1.807, 2.05) is 0 Å². The molecule has 0 unspecified atom stereocenters. The lowest BCUT2D eigenvalue weighted by Gasteiger charge is -2.42. The number of halogens is 1. The normalized spacial score (nSPS) is 25.7. The third-order valence-corrected chi connectivity index (χ3v) is 5.43. The van der Waals surface area contributed by atoms with Gasteiger partial charge in [-0.25, -0.2) is 9.59 Å². The Hall–Kier alpha value is -2.50. The van der Waals surface area contributed by atoms with Crippen LogP contribution in [0, 0.1) is 0 Å². The van der Waals surface area contributed by atoms with Gasteiger partial charge in [-0.2, -0.15) is 8.42 Å². The molecule has 3 rings (SSSR count). The third kappa shape index (κ3) is 6.05. The van der Waals surface area contributed by atoms with Crippen molar-refractivity contribution in [2.24, 2.45) is 0 Å². The summed E-state index contributed by atoms with van der Waals surface area (Å²) >= 11 is 5.88. The average molecular weight is 485 g/mol. The van der Waals surface area contributed by atoms with Crippen LogP contribution >= 0.6 is 11.6 Å². The monoisotopic (exact) mass is 484 g/mol. The molecule has 0 aromatic heterocycles. The fourth-order valence-corrected chi connectivity index (χ4v) is 4.01. The van der Waals surface area contributed by atoms with Crippen LogP contribution in [0.2, 0.25) is 0 Å². The molecule has 1 heterocycles. The Morgan fingerprint density at radius 2 is 1.38 bits per heavy atom. The molecular weight excluding hydrogens is 464 g/mol. The van der Waals surface area contributed by atoms with Crippen molar-refractivity contribution in [3.63, 3.8) is 0 Å². The fraction of sp³-hybridized carbons (Fsp3) is 0.333. The van der Waals surface area contributed by atoms with Gasteiger partial charge >= 0.3 is 11.9 Å². The smallest absolute Gasteiger partial charge is 0.338 e. The Bertz CT molecular complexity index is 1030. The highest BCUT2D eigenvalue weighted by molar-refractivity contribution is 7.86. The summed E-state index contributed by atoms with van der Waals surface area (Å²) in [6.45, 7) is 0. The van der Waals surface area contributed by atoms with Crippen molar-refractivity contribution in [1.82, 2.24) is 0 Å². The summed E-state index contributed by atoms with van der Waals surface area (Å²) in [7, 11) is -4.07. The molecule has 172 valence electrons. The molecule has 1 aliphatic rings. The Morgan fingerprint density at radius 1 is 0.906 bits per heavy atom. The second-order valence-corrected chi connectivity index (χ2v) is 8.87. The van der Waals surface area contributed by atoms with Gasteiger partial charge in [-0.05, 0) is 24.3 Å². The predicted octanol–water partition coefficient (Wildman–Crippen LogP) is 1.74. The van der Waals surface area contributed by atoms with Crippen molar-refractivity contribution in [2.45, 2.75) is 30.7 Å². The Kier molecular flexibility index (Phi) is 7.86. The van der Waals surface area contributed by atoms with Crippen molar-refractivity contribution in [2.75, 3.05) is 12.1 Å². The Labute approximate surface area is 189 Å². The molecule has 11 heteroatoms. The lowest BCUT2D eigenvalue weighted by Crippen LogP contribution is -2.61. The zero-order valence-electron chi connectivity index (χ0n) is 16.9. The number of carbonyl (C=O) groups is 2. The number of esters is 2. The first-order valence-electron chi connectivity index (χ1n) is 9.49. The number of hydrogen-bond acceptors (Lipinski definition) is 9. The minimum Gasteiger partial charge on any atom is -0.452 e. The van der Waals surface area contributed by atoms with Crippen molar-refractivity contribution in [3.05, 3.63) is 71.8 Å². The highest BCUT2D eigenvalue weighted by Gasteiger charge is 2.51. The molecule has 1 fully saturated rings. The molecule has 0 saturated carbocycles. The van der Waals surface area contributed by atoms with Gasteiger partial charge in [0.2, 0.25) is 0 Å². The molecular formula is C21H21ClO9S. The van der Waals surface area contributed by atoms with Crippen LogP contribution in [0.1, 0.15) is 20.7 Å². The van der Waals surface area contributed by atoms with Gasteiger partial charge < -0.3 is 19.3 Å². The molecule has 0 aliphatic carbocycles. The number of rotatable bonds is 7. The molecule has 0 spiro atoms.